The minimum absolute atomic E-state index is 0.292. The highest BCUT2D eigenvalue weighted by Gasteiger charge is 2.07. The molecule has 1 atom stereocenters. The highest BCUT2D eigenvalue weighted by molar-refractivity contribution is 9.10. The quantitative estimate of drug-likeness (QED) is 0.689. The molecule has 0 spiro atoms. The first-order valence-corrected chi connectivity index (χ1v) is 7.95. The first kappa shape index (κ1) is 15.0. The molecule has 0 heterocycles. The van der Waals surface area contributed by atoms with E-state index in [0.29, 0.717) is 6.04 Å². The summed E-state index contributed by atoms with van der Waals surface area (Å²) >= 11 is 13.0. The highest BCUT2D eigenvalue weighted by Crippen LogP contribution is 2.23. The Morgan fingerprint density at radius 1 is 1.16 bits per heavy atom. The lowest BCUT2D eigenvalue weighted by Gasteiger charge is -2.15. The van der Waals surface area contributed by atoms with Crippen LogP contribution >= 0.6 is 43.5 Å². The van der Waals surface area contributed by atoms with E-state index < -0.39 is 0 Å². The van der Waals surface area contributed by atoms with E-state index in [0.717, 1.165) is 20.5 Å². The molecule has 0 unspecified atom stereocenters. The fourth-order valence-corrected chi connectivity index (χ4v) is 3.06. The Labute approximate surface area is 135 Å². The molecule has 0 saturated heterocycles. The van der Waals surface area contributed by atoms with Crippen LogP contribution in [-0.2, 0) is 6.54 Å². The second kappa shape index (κ2) is 6.89. The van der Waals surface area contributed by atoms with Gasteiger partial charge in [-0.05, 0) is 42.3 Å². The first-order valence-electron chi connectivity index (χ1n) is 5.99. The summed E-state index contributed by atoms with van der Waals surface area (Å²) in [6.45, 7) is 2.96. The summed E-state index contributed by atoms with van der Waals surface area (Å²) in [7, 11) is 0. The number of rotatable bonds is 4. The number of hydrogen-bond donors (Lipinski definition) is 1. The smallest absolute Gasteiger partial charge is 0.0417 e. The van der Waals surface area contributed by atoms with Crippen molar-refractivity contribution < 1.29 is 0 Å². The fourth-order valence-electron chi connectivity index (χ4n) is 1.82. The van der Waals surface area contributed by atoms with Crippen LogP contribution in [0.25, 0.3) is 0 Å². The van der Waals surface area contributed by atoms with Gasteiger partial charge in [0.1, 0.15) is 0 Å². The molecule has 0 fully saturated rings. The van der Waals surface area contributed by atoms with Gasteiger partial charge in [0, 0.05) is 26.6 Å². The molecule has 1 N–H and O–H groups in total. The Bertz CT molecular complexity index is 572. The fraction of sp³-hybridized carbons (Fsp3) is 0.200. The predicted molar refractivity (Wildman–Crippen MR) is 88.5 cm³/mol. The number of hydrogen-bond acceptors (Lipinski definition) is 1. The van der Waals surface area contributed by atoms with Gasteiger partial charge in [0.15, 0.2) is 0 Å². The monoisotopic (exact) mass is 401 g/mol. The molecule has 4 heteroatoms. The second-order valence-corrected chi connectivity index (χ2v) is 6.60. The van der Waals surface area contributed by atoms with E-state index in [1.165, 1.54) is 11.1 Å². The molecule has 0 aliphatic carbocycles. The SMILES string of the molecule is C[C@H](NCc1ccc(Cl)cc1Br)c1cccc(Br)c1. The van der Waals surface area contributed by atoms with Gasteiger partial charge < -0.3 is 5.32 Å². The standard InChI is InChI=1S/C15H14Br2ClN/c1-10(11-3-2-4-13(16)7-11)19-9-12-5-6-14(18)8-15(12)17/h2-8,10,19H,9H2,1H3/t10-/m0/s1. The molecular weight excluding hydrogens is 389 g/mol. The van der Waals surface area contributed by atoms with Gasteiger partial charge in [0.05, 0.1) is 0 Å². The van der Waals surface area contributed by atoms with Crippen LogP contribution in [-0.4, -0.2) is 0 Å². The van der Waals surface area contributed by atoms with Gasteiger partial charge in [0.2, 0.25) is 0 Å². The maximum atomic E-state index is 5.94. The van der Waals surface area contributed by atoms with E-state index in [1.807, 2.05) is 24.3 Å². The number of benzene rings is 2. The third-order valence-corrected chi connectivity index (χ3v) is 4.43. The van der Waals surface area contributed by atoms with Crippen LogP contribution in [0.3, 0.4) is 0 Å². The van der Waals surface area contributed by atoms with Gasteiger partial charge in [-0.15, -0.1) is 0 Å². The van der Waals surface area contributed by atoms with Crippen molar-refractivity contribution in [2.75, 3.05) is 0 Å². The lowest BCUT2D eigenvalue weighted by molar-refractivity contribution is 0.573. The van der Waals surface area contributed by atoms with Crippen molar-refractivity contribution in [1.82, 2.24) is 5.32 Å². The molecule has 0 aliphatic rings. The molecule has 1 nitrogen and oxygen atoms in total. The van der Waals surface area contributed by atoms with Gasteiger partial charge >= 0.3 is 0 Å². The molecule has 0 amide bonds. The topological polar surface area (TPSA) is 12.0 Å². The molecular formula is C15H14Br2ClN. The third kappa shape index (κ3) is 4.32. The Morgan fingerprint density at radius 3 is 2.63 bits per heavy atom. The Kier molecular flexibility index (Phi) is 5.46. The van der Waals surface area contributed by atoms with Crippen molar-refractivity contribution in [3.63, 3.8) is 0 Å². The summed E-state index contributed by atoms with van der Waals surface area (Å²) < 4.78 is 2.14. The highest BCUT2D eigenvalue weighted by atomic mass is 79.9. The van der Waals surface area contributed by atoms with Crippen LogP contribution in [0.15, 0.2) is 51.4 Å². The molecule has 0 bridgehead atoms. The van der Waals surface area contributed by atoms with Gasteiger partial charge in [0.25, 0.3) is 0 Å². The minimum Gasteiger partial charge on any atom is -0.306 e. The lowest BCUT2D eigenvalue weighted by atomic mass is 10.1. The van der Waals surface area contributed by atoms with Crippen molar-refractivity contribution in [3.05, 3.63) is 67.6 Å². The van der Waals surface area contributed by atoms with Gasteiger partial charge in [-0.3, -0.25) is 0 Å². The summed E-state index contributed by atoms with van der Waals surface area (Å²) in [5, 5.41) is 4.25. The van der Waals surface area contributed by atoms with Gasteiger partial charge in [-0.1, -0.05) is 61.7 Å². The van der Waals surface area contributed by atoms with Crippen LogP contribution in [0.4, 0.5) is 0 Å². The summed E-state index contributed by atoms with van der Waals surface area (Å²) in [5.74, 6) is 0. The largest absolute Gasteiger partial charge is 0.306 e. The average Bonchev–Trinajstić information content (AvgIpc) is 2.37. The van der Waals surface area contributed by atoms with Crippen LogP contribution in [0.2, 0.25) is 5.02 Å². The Hall–Kier alpha value is -0.350. The normalized spacial score (nSPS) is 12.4. The van der Waals surface area contributed by atoms with Gasteiger partial charge in [-0.2, -0.15) is 0 Å². The zero-order chi connectivity index (χ0) is 13.8. The van der Waals surface area contributed by atoms with Crippen LogP contribution in [0.1, 0.15) is 24.1 Å². The van der Waals surface area contributed by atoms with Crippen molar-refractivity contribution in [2.24, 2.45) is 0 Å². The van der Waals surface area contributed by atoms with Crippen LogP contribution in [0.5, 0.6) is 0 Å². The molecule has 2 rings (SSSR count). The maximum Gasteiger partial charge on any atom is 0.0417 e. The molecule has 0 aliphatic heterocycles. The lowest BCUT2D eigenvalue weighted by Crippen LogP contribution is -2.18. The molecule has 0 aromatic heterocycles. The molecule has 19 heavy (non-hydrogen) atoms. The van der Waals surface area contributed by atoms with E-state index in [1.54, 1.807) is 0 Å². The Morgan fingerprint density at radius 2 is 1.95 bits per heavy atom. The Balaban J connectivity index is 2.02. The zero-order valence-electron chi connectivity index (χ0n) is 10.5. The van der Waals surface area contributed by atoms with E-state index in [2.05, 4.69) is 62.3 Å². The first-order chi connectivity index (χ1) is 9.06. The molecule has 0 radical (unpaired) electrons. The zero-order valence-corrected chi connectivity index (χ0v) is 14.4. The summed E-state index contributed by atoms with van der Waals surface area (Å²) in [6, 6.07) is 14.5. The number of halogens is 3. The minimum atomic E-state index is 0.292. The van der Waals surface area contributed by atoms with Crippen LogP contribution < -0.4 is 5.32 Å². The second-order valence-electron chi connectivity index (χ2n) is 4.39. The number of nitrogens with one attached hydrogen (secondary N) is 1. The van der Waals surface area contributed by atoms with Crippen molar-refractivity contribution >= 4 is 43.5 Å². The van der Waals surface area contributed by atoms with Crippen LogP contribution in [0, 0.1) is 0 Å². The van der Waals surface area contributed by atoms with Crippen molar-refractivity contribution in [3.8, 4) is 0 Å². The van der Waals surface area contributed by atoms with Crippen molar-refractivity contribution in [2.45, 2.75) is 19.5 Å². The summed E-state index contributed by atoms with van der Waals surface area (Å²) in [5.41, 5.74) is 2.46. The average molecular weight is 404 g/mol. The summed E-state index contributed by atoms with van der Waals surface area (Å²) in [6.07, 6.45) is 0. The van der Waals surface area contributed by atoms with Crippen molar-refractivity contribution in [1.29, 1.82) is 0 Å². The molecule has 100 valence electrons. The van der Waals surface area contributed by atoms with E-state index in [4.69, 9.17) is 11.6 Å². The van der Waals surface area contributed by atoms with E-state index in [9.17, 15) is 0 Å². The molecule has 2 aromatic rings. The molecule has 2 aromatic carbocycles. The van der Waals surface area contributed by atoms with E-state index in [-0.39, 0.29) is 0 Å². The summed E-state index contributed by atoms with van der Waals surface area (Å²) in [4.78, 5) is 0. The predicted octanol–water partition coefficient (Wildman–Crippen LogP) is 5.72. The molecule has 0 saturated carbocycles. The third-order valence-electron chi connectivity index (χ3n) is 2.96. The van der Waals surface area contributed by atoms with E-state index >= 15 is 0 Å². The van der Waals surface area contributed by atoms with Gasteiger partial charge in [-0.25, -0.2) is 0 Å². The maximum absolute atomic E-state index is 5.94.